The lowest BCUT2D eigenvalue weighted by Gasteiger charge is -2.39. The smallest absolute Gasteiger partial charge is 0.0168 e. The Hall–Kier alpha value is -0.0800. The Morgan fingerprint density at radius 3 is 2.64 bits per heavy atom. The number of piperidine rings is 1. The second-order valence-corrected chi connectivity index (χ2v) is 5.64. The summed E-state index contributed by atoms with van der Waals surface area (Å²) in [5.74, 6) is 2.11. The normalized spacial score (nSPS) is 48.6. The zero-order valence-corrected chi connectivity index (χ0v) is 8.99. The van der Waals surface area contributed by atoms with Gasteiger partial charge in [-0.1, -0.05) is 6.42 Å². The topological polar surface area (TPSA) is 29.3 Å². The van der Waals surface area contributed by atoms with Crippen molar-refractivity contribution in [3.8, 4) is 0 Å². The van der Waals surface area contributed by atoms with Crippen LogP contribution in [0.4, 0.5) is 0 Å². The lowest BCUT2D eigenvalue weighted by atomic mass is 9.92. The zero-order valence-electron chi connectivity index (χ0n) is 8.99. The fraction of sp³-hybridized carbons (Fsp3) is 1.00. The van der Waals surface area contributed by atoms with Gasteiger partial charge in [0.15, 0.2) is 0 Å². The van der Waals surface area contributed by atoms with Gasteiger partial charge < -0.3 is 5.73 Å². The van der Waals surface area contributed by atoms with E-state index in [9.17, 15) is 0 Å². The van der Waals surface area contributed by atoms with E-state index in [0.29, 0.717) is 6.04 Å². The molecule has 3 aliphatic rings. The van der Waals surface area contributed by atoms with Crippen LogP contribution in [0.2, 0.25) is 0 Å². The van der Waals surface area contributed by atoms with Crippen LogP contribution in [0, 0.1) is 11.8 Å². The molecule has 1 heterocycles. The van der Waals surface area contributed by atoms with Gasteiger partial charge in [-0.05, 0) is 50.5 Å². The summed E-state index contributed by atoms with van der Waals surface area (Å²) in [6.07, 6.45) is 8.60. The molecule has 2 N–H and O–H groups in total. The Morgan fingerprint density at radius 2 is 2.00 bits per heavy atom. The maximum atomic E-state index is 6.05. The molecule has 0 spiro atoms. The van der Waals surface area contributed by atoms with Crippen LogP contribution in [-0.4, -0.2) is 30.1 Å². The lowest BCUT2D eigenvalue weighted by molar-refractivity contribution is 0.108. The van der Waals surface area contributed by atoms with Crippen molar-refractivity contribution in [1.82, 2.24) is 4.90 Å². The Morgan fingerprint density at radius 1 is 1.07 bits per heavy atom. The van der Waals surface area contributed by atoms with Gasteiger partial charge >= 0.3 is 0 Å². The first-order valence-electron chi connectivity index (χ1n) is 6.32. The summed E-state index contributed by atoms with van der Waals surface area (Å²) in [5, 5.41) is 0. The van der Waals surface area contributed by atoms with E-state index in [0.717, 1.165) is 17.9 Å². The molecule has 2 heteroatoms. The summed E-state index contributed by atoms with van der Waals surface area (Å²) in [6, 6.07) is 1.38. The van der Waals surface area contributed by atoms with Crippen molar-refractivity contribution in [3.63, 3.8) is 0 Å². The molecule has 2 bridgehead atoms. The fourth-order valence-electron chi connectivity index (χ4n) is 4.00. The van der Waals surface area contributed by atoms with Crippen LogP contribution in [0.1, 0.15) is 38.5 Å². The molecular weight excluding hydrogens is 172 g/mol. The molecule has 0 amide bonds. The highest BCUT2D eigenvalue weighted by molar-refractivity contribution is 4.96. The highest BCUT2D eigenvalue weighted by atomic mass is 15.2. The van der Waals surface area contributed by atoms with Crippen LogP contribution in [0.5, 0.6) is 0 Å². The summed E-state index contributed by atoms with van der Waals surface area (Å²) >= 11 is 0. The number of hydrogen-bond acceptors (Lipinski definition) is 2. The molecule has 3 fully saturated rings. The maximum Gasteiger partial charge on any atom is 0.0168 e. The van der Waals surface area contributed by atoms with E-state index in [4.69, 9.17) is 5.73 Å². The molecule has 0 aromatic rings. The van der Waals surface area contributed by atoms with E-state index < -0.39 is 0 Å². The van der Waals surface area contributed by atoms with Gasteiger partial charge in [0.25, 0.3) is 0 Å². The number of fused-ring (bicyclic) bond motifs is 2. The molecule has 0 aromatic heterocycles. The van der Waals surface area contributed by atoms with E-state index in [1.165, 1.54) is 51.6 Å². The fourth-order valence-corrected chi connectivity index (χ4v) is 4.00. The van der Waals surface area contributed by atoms with Crippen LogP contribution in [-0.2, 0) is 0 Å². The largest absolute Gasteiger partial charge is 0.327 e. The number of nitrogens with two attached hydrogens (primary N) is 1. The van der Waals surface area contributed by atoms with Crippen LogP contribution in [0.15, 0.2) is 0 Å². The third kappa shape index (κ3) is 1.49. The Labute approximate surface area is 86.8 Å². The number of hydrogen-bond donors (Lipinski definition) is 1. The second-order valence-electron chi connectivity index (χ2n) is 5.64. The molecule has 3 unspecified atom stereocenters. The molecule has 1 saturated heterocycles. The molecule has 80 valence electrons. The molecule has 14 heavy (non-hydrogen) atoms. The van der Waals surface area contributed by atoms with E-state index in [1.54, 1.807) is 0 Å². The van der Waals surface area contributed by atoms with Gasteiger partial charge in [-0.2, -0.15) is 0 Å². The average Bonchev–Trinajstić information content (AvgIpc) is 2.78. The second kappa shape index (κ2) is 3.49. The van der Waals surface area contributed by atoms with Gasteiger partial charge in [0.1, 0.15) is 0 Å². The van der Waals surface area contributed by atoms with Crippen LogP contribution in [0.25, 0.3) is 0 Å². The minimum absolute atomic E-state index is 0.461. The van der Waals surface area contributed by atoms with Crippen molar-refractivity contribution in [2.24, 2.45) is 17.6 Å². The highest BCUT2D eigenvalue weighted by Gasteiger charge is 2.42. The van der Waals surface area contributed by atoms with Crippen molar-refractivity contribution in [1.29, 1.82) is 0 Å². The maximum absolute atomic E-state index is 6.05. The molecule has 0 aromatic carbocycles. The zero-order chi connectivity index (χ0) is 9.54. The first-order valence-corrected chi connectivity index (χ1v) is 6.32. The molecule has 2 saturated carbocycles. The third-order valence-corrected chi connectivity index (χ3v) is 4.66. The predicted molar refractivity (Wildman–Crippen MR) is 58.0 cm³/mol. The van der Waals surface area contributed by atoms with Crippen LogP contribution < -0.4 is 5.73 Å². The average molecular weight is 194 g/mol. The Balaban J connectivity index is 1.65. The van der Waals surface area contributed by atoms with E-state index >= 15 is 0 Å². The summed E-state index contributed by atoms with van der Waals surface area (Å²) in [5.41, 5.74) is 6.05. The molecule has 2 aliphatic carbocycles. The summed E-state index contributed by atoms with van der Waals surface area (Å²) in [7, 11) is 0. The SMILES string of the molecule is N[C@@H]1CCCN(C2CC3CCC2C3)C1. The molecule has 3 rings (SSSR count). The highest BCUT2D eigenvalue weighted by Crippen LogP contribution is 2.46. The number of likely N-dealkylation sites (tertiary alicyclic amines) is 1. The lowest BCUT2D eigenvalue weighted by Crippen LogP contribution is -2.49. The molecule has 4 atom stereocenters. The predicted octanol–water partition coefficient (Wildman–Crippen LogP) is 1.60. The quantitative estimate of drug-likeness (QED) is 0.687. The van der Waals surface area contributed by atoms with Crippen molar-refractivity contribution < 1.29 is 0 Å². The number of rotatable bonds is 1. The summed E-state index contributed by atoms with van der Waals surface area (Å²) < 4.78 is 0. The molecular formula is C12H22N2. The van der Waals surface area contributed by atoms with Crippen molar-refractivity contribution >= 4 is 0 Å². The van der Waals surface area contributed by atoms with Gasteiger partial charge in [0, 0.05) is 18.6 Å². The van der Waals surface area contributed by atoms with Crippen molar-refractivity contribution in [2.75, 3.05) is 13.1 Å². The van der Waals surface area contributed by atoms with Gasteiger partial charge in [0.05, 0.1) is 0 Å². The third-order valence-electron chi connectivity index (χ3n) is 4.66. The Bertz CT molecular complexity index is 216. The van der Waals surface area contributed by atoms with E-state index in [2.05, 4.69) is 4.90 Å². The Kier molecular flexibility index (Phi) is 2.29. The van der Waals surface area contributed by atoms with Gasteiger partial charge in [-0.3, -0.25) is 4.90 Å². The standard InChI is InChI=1S/C12H22N2/c13-11-2-1-5-14(8-11)12-7-9-3-4-10(12)6-9/h9-12H,1-8,13H2/t9?,10?,11-,12?/m1/s1. The van der Waals surface area contributed by atoms with E-state index in [-0.39, 0.29) is 0 Å². The molecule has 0 radical (unpaired) electrons. The summed E-state index contributed by atoms with van der Waals surface area (Å²) in [4.78, 5) is 2.71. The summed E-state index contributed by atoms with van der Waals surface area (Å²) in [6.45, 7) is 2.50. The van der Waals surface area contributed by atoms with Crippen molar-refractivity contribution in [2.45, 2.75) is 50.6 Å². The first-order chi connectivity index (χ1) is 6.83. The van der Waals surface area contributed by atoms with Crippen LogP contribution >= 0.6 is 0 Å². The van der Waals surface area contributed by atoms with Gasteiger partial charge in [-0.15, -0.1) is 0 Å². The molecule has 1 aliphatic heterocycles. The van der Waals surface area contributed by atoms with Gasteiger partial charge in [0.2, 0.25) is 0 Å². The van der Waals surface area contributed by atoms with E-state index in [1.807, 2.05) is 0 Å². The van der Waals surface area contributed by atoms with Crippen LogP contribution in [0.3, 0.4) is 0 Å². The molecule has 2 nitrogen and oxygen atoms in total. The first kappa shape index (κ1) is 9.17. The van der Waals surface area contributed by atoms with Crippen molar-refractivity contribution in [3.05, 3.63) is 0 Å². The van der Waals surface area contributed by atoms with Gasteiger partial charge in [-0.25, -0.2) is 0 Å². The minimum Gasteiger partial charge on any atom is -0.327 e. The minimum atomic E-state index is 0.461. The number of nitrogens with zero attached hydrogens (tertiary/aromatic N) is 1. The monoisotopic (exact) mass is 194 g/mol.